The maximum atomic E-state index is 11.1. The zero-order chi connectivity index (χ0) is 14.1. The molecule has 0 fully saturated rings. The predicted octanol–water partition coefficient (Wildman–Crippen LogP) is 1.98. The molecule has 20 heavy (non-hydrogen) atoms. The Morgan fingerprint density at radius 3 is 2.55 bits per heavy atom. The smallest absolute Gasteiger partial charge is 0.264 e. The highest BCUT2D eigenvalue weighted by Gasteiger charge is 2.18. The third kappa shape index (κ3) is 2.07. The average molecular weight is 268 g/mol. The van der Waals surface area contributed by atoms with Gasteiger partial charge in [0.15, 0.2) is 0 Å². The SMILES string of the molecule is Cc1ccc(-c2c(-c3ccc(=O)[nH]n3)noc2N)cc1. The highest BCUT2D eigenvalue weighted by Crippen LogP contribution is 2.34. The van der Waals surface area contributed by atoms with Crippen LogP contribution in [0.2, 0.25) is 0 Å². The van der Waals surface area contributed by atoms with Crippen molar-refractivity contribution in [1.82, 2.24) is 15.4 Å². The van der Waals surface area contributed by atoms with Crippen molar-refractivity contribution in [2.45, 2.75) is 6.92 Å². The summed E-state index contributed by atoms with van der Waals surface area (Å²) in [6.45, 7) is 2.01. The fourth-order valence-corrected chi connectivity index (χ4v) is 1.95. The van der Waals surface area contributed by atoms with E-state index in [2.05, 4.69) is 15.4 Å². The number of hydrogen-bond acceptors (Lipinski definition) is 5. The number of nitrogens with one attached hydrogen (secondary N) is 1. The van der Waals surface area contributed by atoms with E-state index in [9.17, 15) is 4.79 Å². The lowest BCUT2D eigenvalue weighted by Crippen LogP contribution is -2.05. The summed E-state index contributed by atoms with van der Waals surface area (Å²) in [5.74, 6) is 0.219. The lowest BCUT2D eigenvalue weighted by molar-refractivity contribution is 0.439. The molecular formula is C14H12N4O2. The Morgan fingerprint density at radius 2 is 1.90 bits per heavy atom. The Bertz CT molecular complexity index is 782. The molecule has 0 saturated heterocycles. The van der Waals surface area contributed by atoms with Crippen LogP contribution >= 0.6 is 0 Å². The largest absolute Gasteiger partial charge is 0.367 e. The van der Waals surface area contributed by atoms with Crippen molar-refractivity contribution in [3.63, 3.8) is 0 Å². The van der Waals surface area contributed by atoms with Crippen molar-refractivity contribution < 1.29 is 4.52 Å². The van der Waals surface area contributed by atoms with E-state index >= 15 is 0 Å². The Balaban J connectivity index is 2.16. The average Bonchev–Trinajstić information content (AvgIpc) is 2.83. The van der Waals surface area contributed by atoms with E-state index in [-0.39, 0.29) is 11.4 Å². The fraction of sp³-hybridized carbons (Fsp3) is 0.0714. The molecule has 0 spiro atoms. The second kappa shape index (κ2) is 4.65. The zero-order valence-electron chi connectivity index (χ0n) is 10.8. The normalized spacial score (nSPS) is 10.7. The van der Waals surface area contributed by atoms with Crippen molar-refractivity contribution in [2.24, 2.45) is 0 Å². The molecule has 0 unspecified atom stereocenters. The number of nitrogens with zero attached hydrogens (tertiary/aromatic N) is 2. The summed E-state index contributed by atoms with van der Waals surface area (Å²) in [6, 6.07) is 10.8. The highest BCUT2D eigenvalue weighted by molar-refractivity contribution is 5.85. The second-order valence-corrected chi connectivity index (χ2v) is 4.44. The van der Waals surface area contributed by atoms with Gasteiger partial charge in [-0.25, -0.2) is 5.10 Å². The van der Waals surface area contributed by atoms with E-state index in [0.29, 0.717) is 17.0 Å². The van der Waals surface area contributed by atoms with Crippen LogP contribution in [0.4, 0.5) is 5.88 Å². The van der Waals surface area contributed by atoms with Gasteiger partial charge in [0.05, 0.1) is 5.56 Å². The molecule has 2 heterocycles. The summed E-state index contributed by atoms with van der Waals surface area (Å²) in [7, 11) is 0. The van der Waals surface area contributed by atoms with Crippen LogP contribution in [-0.2, 0) is 0 Å². The van der Waals surface area contributed by atoms with Gasteiger partial charge < -0.3 is 10.3 Å². The number of aromatic nitrogens is 3. The summed E-state index contributed by atoms with van der Waals surface area (Å²) in [5.41, 5.74) is 9.28. The van der Waals surface area contributed by atoms with Crippen LogP contribution in [0.25, 0.3) is 22.5 Å². The van der Waals surface area contributed by atoms with Gasteiger partial charge in [-0.05, 0) is 18.6 Å². The van der Waals surface area contributed by atoms with E-state index in [4.69, 9.17) is 10.3 Å². The first kappa shape index (κ1) is 12.2. The summed E-state index contributed by atoms with van der Waals surface area (Å²) in [6.07, 6.45) is 0. The van der Waals surface area contributed by atoms with E-state index in [0.717, 1.165) is 11.1 Å². The second-order valence-electron chi connectivity index (χ2n) is 4.44. The number of benzene rings is 1. The number of nitrogens with two attached hydrogens (primary N) is 1. The first-order valence-corrected chi connectivity index (χ1v) is 6.03. The fourth-order valence-electron chi connectivity index (χ4n) is 1.95. The molecule has 0 aliphatic carbocycles. The molecule has 1 aromatic carbocycles. The first-order valence-electron chi connectivity index (χ1n) is 6.03. The third-order valence-electron chi connectivity index (χ3n) is 2.98. The maximum absolute atomic E-state index is 11.1. The van der Waals surface area contributed by atoms with E-state index in [1.807, 2.05) is 31.2 Å². The number of aromatic amines is 1. The molecule has 0 aliphatic rings. The topological polar surface area (TPSA) is 97.8 Å². The molecule has 3 N–H and O–H groups in total. The third-order valence-corrected chi connectivity index (χ3v) is 2.98. The molecule has 3 aromatic rings. The number of hydrogen-bond donors (Lipinski definition) is 2. The minimum absolute atomic E-state index is 0.219. The monoisotopic (exact) mass is 268 g/mol. The van der Waals surface area contributed by atoms with E-state index in [1.54, 1.807) is 6.07 Å². The van der Waals surface area contributed by atoms with Gasteiger partial charge in [0.25, 0.3) is 5.56 Å². The van der Waals surface area contributed by atoms with Crippen LogP contribution in [0.15, 0.2) is 45.7 Å². The van der Waals surface area contributed by atoms with Crippen LogP contribution in [0.3, 0.4) is 0 Å². The standard InChI is InChI=1S/C14H12N4O2/c1-8-2-4-9(5-3-8)12-13(18-20-14(12)15)10-6-7-11(19)17-16-10/h2-7H,15H2,1H3,(H,17,19). The van der Waals surface area contributed by atoms with E-state index < -0.39 is 0 Å². The number of aryl methyl sites for hydroxylation is 1. The summed E-state index contributed by atoms with van der Waals surface area (Å²) in [4.78, 5) is 11.1. The van der Waals surface area contributed by atoms with Crippen LogP contribution in [0.5, 0.6) is 0 Å². The molecule has 2 aromatic heterocycles. The van der Waals surface area contributed by atoms with Crippen LogP contribution in [-0.4, -0.2) is 15.4 Å². The summed E-state index contributed by atoms with van der Waals surface area (Å²) in [5, 5.41) is 10.2. The van der Waals surface area contributed by atoms with Crippen LogP contribution < -0.4 is 11.3 Å². The first-order chi connectivity index (χ1) is 9.65. The molecule has 0 aliphatic heterocycles. The molecule has 6 nitrogen and oxygen atoms in total. The summed E-state index contributed by atoms with van der Waals surface area (Å²) >= 11 is 0. The minimum atomic E-state index is -0.276. The molecule has 0 amide bonds. The Hall–Kier alpha value is -2.89. The Labute approximate surface area is 114 Å². The Kier molecular flexibility index (Phi) is 2.83. The molecule has 0 saturated carbocycles. The van der Waals surface area contributed by atoms with Gasteiger partial charge in [0.1, 0.15) is 11.4 Å². The van der Waals surface area contributed by atoms with Gasteiger partial charge in [0.2, 0.25) is 5.88 Å². The number of H-pyrrole nitrogens is 1. The van der Waals surface area contributed by atoms with Gasteiger partial charge in [-0.2, -0.15) is 5.10 Å². The number of nitrogen functional groups attached to an aromatic ring is 1. The van der Waals surface area contributed by atoms with Crippen molar-refractivity contribution >= 4 is 5.88 Å². The van der Waals surface area contributed by atoms with Crippen molar-refractivity contribution in [3.05, 3.63) is 52.3 Å². The Morgan fingerprint density at radius 1 is 1.15 bits per heavy atom. The molecule has 0 bridgehead atoms. The van der Waals surface area contributed by atoms with Crippen molar-refractivity contribution in [1.29, 1.82) is 0 Å². The molecule has 0 radical (unpaired) electrons. The lowest BCUT2D eigenvalue weighted by atomic mass is 10.0. The number of anilines is 1. The quantitative estimate of drug-likeness (QED) is 0.740. The lowest BCUT2D eigenvalue weighted by Gasteiger charge is -2.02. The maximum Gasteiger partial charge on any atom is 0.264 e. The minimum Gasteiger partial charge on any atom is -0.367 e. The molecular weight excluding hydrogens is 256 g/mol. The van der Waals surface area contributed by atoms with E-state index in [1.165, 1.54) is 6.07 Å². The van der Waals surface area contributed by atoms with Crippen LogP contribution in [0, 0.1) is 6.92 Å². The van der Waals surface area contributed by atoms with Crippen molar-refractivity contribution in [3.8, 4) is 22.5 Å². The van der Waals surface area contributed by atoms with Gasteiger partial charge in [-0.1, -0.05) is 35.0 Å². The number of rotatable bonds is 2. The molecule has 0 atom stereocenters. The zero-order valence-corrected chi connectivity index (χ0v) is 10.8. The molecule has 6 heteroatoms. The van der Waals surface area contributed by atoms with Gasteiger partial charge in [-0.3, -0.25) is 4.79 Å². The highest BCUT2D eigenvalue weighted by atomic mass is 16.5. The van der Waals surface area contributed by atoms with Gasteiger partial charge >= 0.3 is 0 Å². The molecule has 100 valence electrons. The summed E-state index contributed by atoms with van der Waals surface area (Å²) < 4.78 is 5.06. The van der Waals surface area contributed by atoms with Crippen molar-refractivity contribution in [2.75, 3.05) is 5.73 Å². The predicted molar refractivity (Wildman–Crippen MR) is 74.9 cm³/mol. The van der Waals surface area contributed by atoms with Gasteiger partial charge in [0, 0.05) is 6.07 Å². The molecule has 3 rings (SSSR count). The van der Waals surface area contributed by atoms with Crippen LogP contribution in [0.1, 0.15) is 5.56 Å². The van der Waals surface area contributed by atoms with Gasteiger partial charge in [-0.15, -0.1) is 0 Å².